The topological polar surface area (TPSA) is 50.1 Å². The van der Waals surface area contributed by atoms with Crippen molar-refractivity contribution in [2.24, 2.45) is 5.92 Å². The molecule has 0 bridgehead atoms. The number of esters is 1. The highest BCUT2D eigenvalue weighted by molar-refractivity contribution is 5.91. The fourth-order valence-corrected chi connectivity index (χ4v) is 3.77. The molecule has 0 aromatic heterocycles. The van der Waals surface area contributed by atoms with Gasteiger partial charge >= 0.3 is 5.97 Å². The Labute approximate surface area is 155 Å². The maximum Gasteiger partial charge on any atom is 0.343 e. The SMILES string of the molecule is CCC1CCC(c2ccc(C(=O)Oc3ccc(C)cc3C#N)cc2)CC1. The second-order valence-electron chi connectivity index (χ2n) is 7.25. The van der Waals surface area contributed by atoms with Gasteiger partial charge in [-0.1, -0.05) is 31.5 Å². The summed E-state index contributed by atoms with van der Waals surface area (Å²) in [6, 6.07) is 15.1. The molecule has 0 unspecified atom stereocenters. The molecule has 0 N–H and O–H groups in total. The predicted molar refractivity (Wildman–Crippen MR) is 102 cm³/mol. The molecule has 0 radical (unpaired) electrons. The van der Waals surface area contributed by atoms with Crippen LogP contribution in [0.25, 0.3) is 0 Å². The van der Waals surface area contributed by atoms with E-state index in [1.165, 1.54) is 37.7 Å². The van der Waals surface area contributed by atoms with Crippen LogP contribution in [0, 0.1) is 24.2 Å². The highest BCUT2D eigenvalue weighted by atomic mass is 16.5. The predicted octanol–water partition coefficient (Wildman–Crippen LogP) is 5.77. The third-order valence-corrected chi connectivity index (χ3v) is 5.50. The van der Waals surface area contributed by atoms with Gasteiger partial charge in [0.25, 0.3) is 0 Å². The number of carbonyl (C=O) groups is 1. The number of aryl methyl sites for hydroxylation is 1. The summed E-state index contributed by atoms with van der Waals surface area (Å²) in [6.45, 7) is 4.18. The van der Waals surface area contributed by atoms with Crippen LogP contribution >= 0.6 is 0 Å². The standard InChI is InChI=1S/C23H25NO2/c1-3-17-5-7-18(8-6-17)19-9-11-20(12-10-19)23(25)26-22-13-4-16(2)14-21(22)15-24/h4,9-14,17-18H,3,5-8H2,1-2H3. The third kappa shape index (κ3) is 4.14. The molecule has 134 valence electrons. The molecule has 0 amide bonds. The number of ether oxygens (including phenoxy) is 1. The molecule has 1 aliphatic rings. The molecule has 1 saturated carbocycles. The lowest BCUT2D eigenvalue weighted by atomic mass is 9.78. The van der Waals surface area contributed by atoms with E-state index >= 15 is 0 Å². The van der Waals surface area contributed by atoms with Crippen LogP contribution in [-0.2, 0) is 0 Å². The van der Waals surface area contributed by atoms with Crippen molar-refractivity contribution >= 4 is 5.97 Å². The molecule has 1 aliphatic carbocycles. The molecule has 3 rings (SSSR count). The van der Waals surface area contributed by atoms with Crippen molar-refractivity contribution in [2.75, 3.05) is 0 Å². The molecule has 3 nitrogen and oxygen atoms in total. The summed E-state index contributed by atoms with van der Waals surface area (Å²) in [7, 11) is 0. The van der Waals surface area contributed by atoms with Crippen molar-refractivity contribution in [3.63, 3.8) is 0 Å². The van der Waals surface area contributed by atoms with Gasteiger partial charge in [-0.2, -0.15) is 5.26 Å². The molecule has 3 heteroatoms. The first-order chi connectivity index (χ1) is 12.6. The maximum atomic E-state index is 12.4. The van der Waals surface area contributed by atoms with E-state index < -0.39 is 5.97 Å². The number of benzene rings is 2. The van der Waals surface area contributed by atoms with Gasteiger partial charge in [0.1, 0.15) is 11.8 Å². The molecule has 1 fully saturated rings. The Bertz CT molecular complexity index is 809. The fraction of sp³-hybridized carbons (Fsp3) is 0.391. The van der Waals surface area contributed by atoms with Gasteiger partial charge in [-0.3, -0.25) is 0 Å². The van der Waals surface area contributed by atoms with E-state index in [-0.39, 0.29) is 0 Å². The summed E-state index contributed by atoms with van der Waals surface area (Å²) in [4.78, 5) is 12.4. The Balaban J connectivity index is 1.67. The van der Waals surface area contributed by atoms with E-state index in [4.69, 9.17) is 4.74 Å². The minimum absolute atomic E-state index is 0.310. The van der Waals surface area contributed by atoms with Gasteiger partial charge in [-0.15, -0.1) is 0 Å². The van der Waals surface area contributed by atoms with E-state index in [2.05, 4.69) is 13.0 Å². The lowest BCUT2D eigenvalue weighted by Gasteiger charge is -2.28. The van der Waals surface area contributed by atoms with Crippen LogP contribution in [0.15, 0.2) is 42.5 Å². The summed E-state index contributed by atoms with van der Waals surface area (Å²) in [6.07, 6.45) is 6.35. The fourth-order valence-electron chi connectivity index (χ4n) is 3.77. The van der Waals surface area contributed by atoms with E-state index in [9.17, 15) is 10.1 Å². The quantitative estimate of drug-likeness (QED) is 0.521. The van der Waals surface area contributed by atoms with Crippen molar-refractivity contribution in [3.05, 3.63) is 64.7 Å². The average molecular weight is 347 g/mol. The Morgan fingerprint density at radius 3 is 2.42 bits per heavy atom. The first-order valence-electron chi connectivity index (χ1n) is 9.43. The Kier molecular flexibility index (Phi) is 5.73. The van der Waals surface area contributed by atoms with Gasteiger partial charge in [-0.25, -0.2) is 4.79 Å². The number of rotatable bonds is 4. The largest absolute Gasteiger partial charge is 0.422 e. The molecular weight excluding hydrogens is 322 g/mol. The second kappa shape index (κ2) is 8.19. The Morgan fingerprint density at radius 2 is 1.81 bits per heavy atom. The zero-order chi connectivity index (χ0) is 18.5. The molecule has 0 aliphatic heterocycles. The van der Waals surface area contributed by atoms with Crippen LogP contribution < -0.4 is 4.74 Å². The first-order valence-corrected chi connectivity index (χ1v) is 9.43. The molecule has 0 saturated heterocycles. The average Bonchev–Trinajstić information content (AvgIpc) is 2.69. The lowest BCUT2D eigenvalue weighted by Crippen LogP contribution is -2.13. The van der Waals surface area contributed by atoms with E-state index in [0.29, 0.717) is 22.8 Å². The number of nitriles is 1. The first kappa shape index (κ1) is 18.2. The molecular formula is C23H25NO2. The highest BCUT2D eigenvalue weighted by Crippen LogP contribution is 2.37. The number of hydrogen-bond donors (Lipinski definition) is 0. The van der Waals surface area contributed by atoms with Crippen LogP contribution in [-0.4, -0.2) is 5.97 Å². The maximum absolute atomic E-state index is 12.4. The molecule has 0 heterocycles. The van der Waals surface area contributed by atoms with Crippen molar-refractivity contribution in [2.45, 2.75) is 51.9 Å². The van der Waals surface area contributed by atoms with Crippen molar-refractivity contribution < 1.29 is 9.53 Å². The molecule has 0 atom stereocenters. The van der Waals surface area contributed by atoms with Gasteiger partial charge < -0.3 is 4.74 Å². The zero-order valence-electron chi connectivity index (χ0n) is 15.5. The lowest BCUT2D eigenvalue weighted by molar-refractivity contribution is 0.0734. The van der Waals surface area contributed by atoms with Gasteiger partial charge in [0.2, 0.25) is 0 Å². The van der Waals surface area contributed by atoms with Crippen molar-refractivity contribution in [1.82, 2.24) is 0 Å². The van der Waals surface area contributed by atoms with Gasteiger partial charge in [-0.05, 0) is 79.8 Å². The summed E-state index contributed by atoms with van der Waals surface area (Å²) >= 11 is 0. The zero-order valence-corrected chi connectivity index (χ0v) is 15.5. The van der Waals surface area contributed by atoms with Crippen LogP contribution in [0.5, 0.6) is 5.75 Å². The van der Waals surface area contributed by atoms with Crippen LogP contribution in [0.2, 0.25) is 0 Å². The van der Waals surface area contributed by atoms with Gasteiger partial charge in [0, 0.05) is 0 Å². The molecule has 0 spiro atoms. The normalized spacial score (nSPS) is 19.6. The Morgan fingerprint density at radius 1 is 1.12 bits per heavy atom. The molecule has 2 aromatic carbocycles. The minimum atomic E-state index is -0.424. The number of nitrogens with zero attached hydrogens (tertiary/aromatic N) is 1. The Hall–Kier alpha value is -2.60. The number of hydrogen-bond acceptors (Lipinski definition) is 3. The van der Waals surface area contributed by atoms with Crippen LogP contribution in [0.3, 0.4) is 0 Å². The van der Waals surface area contributed by atoms with E-state index in [1.807, 2.05) is 37.3 Å². The van der Waals surface area contributed by atoms with Crippen molar-refractivity contribution in [3.8, 4) is 11.8 Å². The van der Waals surface area contributed by atoms with Crippen molar-refractivity contribution in [1.29, 1.82) is 5.26 Å². The smallest absolute Gasteiger partial charge is 0.343 e. The molecule has 26 heavy (non-hydrogen) atoms. The van der Waals surface area contributed by atoms with Crippen LogP contribution in [0.4, 0.5) is 0 Å². The van der Waals surface area contributed by atoms with Gasteiger partial charge in [0.15, 0.2) is 0 Å². The summed E-state index contributed by atoms with van der Waals surface area (Å²) < 4.78 is 5.43. The number of carbonyl (C=O) groups excluding carboxylic acids is 1. The summed E-state index contributed by atoms with van der Waals surface area (Å²) in [5.41, 5.74) is 3.16. The highest BCUT2D eigenvalue weighted by Gasteiger charge is 2.21. The monoisotopic (exact) mass is 347 g/mol. The molecule has 2 aromatic rings. The second-order valence-corrected chi connectivity index (χ2v) is 7.25. The third-order valence-electron chi connectivity index (χ3n) is 5.50. The van der Waals surface area contributed by atoms with E-state index in [0.717, 1.165) is 11.5 Å². The van der Waals surface area contributed by atoms with Gasteiger partial charge in [0.05, 0.1) is 11.1 Å². The summed E-state index contributed by atoms with van der Waals surface area (Å²) in [5, 5.41) is 9.20. The summed E-state index contributed by atoms with van der Waals surface area (Å²) in [5.74, 6) is 1.37. The minimum Gasteiger partial charge on any atom is -0.422 e. The van der Waals surface area contributed by atoms with Crippen LogP contribution in [0.1, 0.15) is 72.0 Å². The van der Waals surface area contributed by atoms with E-state index in [1.54, 1.807) is 12.1 Å².